The van der Waals surface area contributed by atoms with Crippen molar-refractivity contribution in [2.24, 2.45) is 0 Å². The van der Waals surface area contributed by atoms with Crippen LogP contribution in [0.1, 0.15) is 41.1 Å². The van der Waals surface area contributed by atoms with Gasteiger partial charge in [-0.25, -0.2) is 0 Å². The molecule has 0 radical (unpaired) electrons. The third-order valence-corrected chi connectivity index (χ3v) is 7.31. The lowest BCUT2D eigenvalue weighted by Crippen LogP contribution is -1.93. The summed E-state index contributed by atoms with van der Waals surface area (Å²) in [7, 11) is 0. The van der Waals surface area contributed by atoms with E-state index < -0.39 is 269 Å². The van der Waals surface area contributed by atoms with Crippen molar-refractivity contribution in [3.8, 4) is 44.5 Å². The van der Waals surface area contributed by atoms with Gasteiger partial charge in [-0.3, -0.25) is 0 Å². The molecule has 9 aromatic carbocycles. The van der Waals surface area contributed by atoms with E-state index in [9.17, 15) is 13.7 Å². The highest BCUT2D eigenvalue weighted by Crippen LogP contribution is 2.47. The molecule has 0 unspecified atom stereocenters. The van der Waals surface area contributed by atoms with Crippen LogP contribution in [-0.2, 0) is 0 Å². The Morgan fingerprint density at radius 2 is 0.761 bits per heavy atom. The van der Waals surface area contributed by atoms with Gasteiger partial charge in [0.05, 0.1) is 41.1 Å². The fourth-order valence-electron chi connectivity index (χ4n) is 5.41. The van der Waals surface area contributed by atoms with Gasteiger partial charge >= 0.3 is 0 Å². The monoisotopic (exact) mass is 612 g/mol. The summed E-state index contributed by atoms with van der Waals surface area (Å²) < 4.78 is 271. The summed E-state index contributed by atoms with van der Waals surface area (Å²) in [5.74, 6) is 0. The van der Waals surface area contributed by atoms with Gasteiger partial charge in [-0.05, 0) is 93.6 Å². The molecule has 0 atom stereocenters. The maximum absolute atomic E-state index is 10.3. The van der Waals surface area contributed by atoms with Crippen LogP contribution in [0.25, 0.3) is 87.6 Å². The average molecular weight is 613 g/mol. The maximum atomic E-state index is 10.3. The molecule has 0 N–H and O–H groups in total. The highest BCUT2D eigenvalue weighted by atomic mass is 14.2. The Labute approximate surface area is 311 Å². The summed E-state index contributed by atoms with van der Waals surface area (Å²) in [6.07, 6.45) is 0. The summed E-state index contributed by atoms with van der Waals surface area (Å²) in [5.41, 5.74) is -6.94. The average Bonchev–Trinajstić information content (AvgIpc) is 3.39. The standard InChI is InChI=1S/C46H30/c1-3-14-31(15-4-1)37-28-29-42(39-22-10-9-21-38(37)39)46-41-24-12-11-23-40(41)45(33-17-5-2-6-18-33)43-27-26-34(30-44(43)46)36-25-13-19-32-16-7-8-20-35(32)36/h1-30H/i1D,2D,3D,4D,5D,6D,7D,8D,9D,10D,11D,12D,13D,14D,15D,16D,17D,18D,19D,20D,21D,22D,23D,24D,25D,26D,27D,28D,29D,30D. The molecule has 9 rings (SSSR count). The second-order valence-electron chi connectivity index (χ2n) is 9.75. The van der Waals surface area contributed by atoms with E-state index >= 15 is 0 Å². The number of hydrogen-bond acceptors (Lipinski definition) is 0. The first kappa shape index (κ1) is 10.0. The van der Waals surface area contributed by atoms with E-state index in [1.54, 1.807) is 0 Å². The Bertz CT molecular complexity index is 4210. The Balaban J connectivity index is 1.74. The third kappa shape index (κ3) is 4.23. The van der Waals surface area contributed by atoms with Crippen molar-refractivity contribution in [3.05, 3.63) is 181 Å². The Morgan fingerprint density at radius 1 is 0.261 bits per heavy atom. The molecule has 0 saturated heterocycles. The molecule has 214 valence electrons. The molecule has 46 heavy (non-hydrogen) atoms. The molecule has 0 aromatic heterocycles. The summed E-state index contributed by atoms with van der Waals surface area (Å²) >= 11 is 0. The van der Waals surface area contributed by atoms with E-state index in [4.69, 9.17) is 27.4 Å². The van der Waals surface area contributed by atoms with Crippen LogP contribution in [0.15, 0.2) is 181 Å². The summed E-state index contributed by atoms with van der Waals surface area (Å²) in [4.78, 5) is 0. The first-order valence-corrected chi connectivity index (χ1v) is 13.5. The van der Waals surface area contributed by atoms with Crippen molar-refractivity contribution in [1.29, 1.82) is 0 Å². The first-order chi connectivity index (χ1) is 35.3. The largest absolute Gasteiger partial charge is 0.0636 e. The second-order valence-corrected chi connectivity index (χ2v) is 9.75. The molecule has 0 bridgehead atoms. The molecule has 0 saturated carbocycles. The molecular formula is C46H30. The highest BCUT2D eigenvalue weighted by Gasteiger charge is 2.20. The van der Waals surface area contributed by atoms with Gasteiger partial charge in [0.2, 0.25) is 0 Å². The van der Waals surface area contributed by atoms with Gasteiger partial charge in [0.15, 0.2) is 0 Å². The Hall–Kier alpha value is -5.98. The zero-order chi connectivity index (χ0) is 56.6. The molecule has 0 aliphatic rings. The topological polar surface area (TPSA) is 0 Å². The molecule has 0 heterocycles. The molecular weight excluding hydrogens is 553 g/mol. The van der Waals surface area contributed by atoms with Crippen LogP contribution in [0.4, 0.5) is 0 Å². The number of rotatable bonds is 4. The quantitative estimate of drug-likeness (QED) is 0.173. The number of hydrogen-bond donors (Lipinski definition) is 0. The lowest BCUT2D eigenvalue weighted by atomic mass is 9.83. The van der Waals surface area contributed by atoms with Crippen LogP contribution < -0.4 is 0 Å². The summed E-state index contributed by atoms with van der Waals surface area (Å²) in [6, 6.07) is -30.8. The normalized spacial score (nSPS) is 20.6. The van der Waals surface area contributed by atoms with Crippen LogP contribution in [0.5, 0.6) is 0 Å². The van der Waals surface area contributed by atoms with Crippen molar-refractivity contribution in [2.45, 2.75) is 0 Å². The minimum Gasteiger partial charge on any atom is -0.0622 e. The first-order valence-electron chi connectivity index (χ1n) is 28.5. The Kier molecular flexibility index (Phi) is 2.37. The minimum atomic E-state index is -1.18. The SMILES string of the molecule is [2H]c1c([2H])c([2H])c(-c2c([2H])c([2H])c(-c3c4c([2H])c([2H])c([2H])c([2H])c4c(-c4c([2H])c([2H])c([2H])c([2H])c4[2H])c4c([2H])c([2H])c(-c5c([2H])c([2H])c([2H])c6c([2H])c([2H])c([2H])c([2H])c56)c([2H])c34)c3c([2H])c([2H])c([2H])c([2H])c23)c([2H])c1[2H]. The van der Waals surface area contributed by atoms with Gasteiger partial charge in [0.25, 0.3) is 0 Å². The lowest BCUT2D eigenvalue weighted by Gasteiger charge is -2.20. The zero-order valence-corrected chi connectivity index (χ0v) is 23.0. The number of benzene rings is 9. The summed E-state index contributed by atoms with van der Waals surface area (Å²) in [5, 5.41) is -6.54. The molecule has 0 amide bonds. The number of fused-ring (bicyclic) bond motifs is 4. The van der Waals surface area contributed by atoms with E-state index in [1.165, 1.54) is 0 Å². The third-order valence-electron chi connectivity index (χ3n) is 7.31. The van der Waals surface area contributed by atoms with Crippen LogP contribution >= 0.6 is 0 Å². The molecule has 0 aliphatic carbocycles. The van der Waals surface area contributed by atoms with E-state index in [1.807, 2.05) is 0 Å². The highest BCUT2D eigenvalue weighted by molar-refractivity contribution is 6.24. The van der Waals surface area contributed by atoms with Crippen LogP contribution in [0.2, 0.25) is 0 Å². The van der Waals surface area contributed by atoms with Crippen molar-refractivity contribution < 1.29 is 41.1 Å². The second kappa shape index (κ2) is 10.9. The van der Waals surface area contributed by atoms with E-state index in [0.717, 1.165) is 0 Å². The van der Waals surface area contributed by atoms with Gasteiger partial charge in [0.1, 0.15) is 0 Å². The smallest absolute Gasteiger partial charge is 0.0622 e. The van der Waals surface area contributed by atoms with Gasteiger partial charge in [0, 0.05) is 0 Å². The van der Waals surface area contributed by atoms with E-state index in [-0.39, 0.29) is 0 Å². The van der Waals surface area contributed by atoms with Gasteiger partial charge < -0.3 is 0 Å². The predicted molar refractivity (Wildman–Crippen MR) is 198 cm³/mol. The molecule has 0 heteroatoms. The Morgan fingerprint density at radius 3 is 1.50 bits per heavy atom. The van der Waals surface area contributed by atoms with Crippen molar-refractivity contribution >= 4 is 43.1 Å². The zero-order valence-electron chi connectivity index (χ0n) is 53.0. The molecule has 9 aromatic rings. The molecule has 0 spiro atoms. The van der Waals surface area contributed by atoms with E-state index in [2.05, 4.69) is 0 Å². The predicted octanol–water partition coefficient (Wildman–Crippen LogP) is 13.0. The minimum absolute atomic E-state index is 0.683. The van der Waals surface area contributed by atoms with Crippen molar-refractivity contribution in [1.82, 2.24) is 0 Å². The van der Waals surface area contributed by atoms with E-state index in [0.29, 0.717) is 0 Å². The molecule has 0 aliphatic heterocycles. The summed E-state index contributed by atoms with van der Waals surface area (Å²) in [6.45, 7) is 0. The molecule has 0 nitrogen and oxygen atoms in total. The van der Waals surface area contributed by atoms with Crippen LogP contribution in [0.3, 0.4) is 0 Å². The fourth-order valence-corrected chi connectivity index (χ4v) is 5.41. The van der Waals surface area contributed by atoms with Gasteiger partial charge in [-0.2, -0.15) is 0 Å². The van der Waals surface area contributed by atoms with Gasteiger partial charge in [-0.15, -0.1) is 0 Å². The molecule has 0 fully saturated rings. The van der Waals surface area contributed by atoms with Gasteiger partial charge in [-0.1, -0.05) is 175 Å². The van der Waals surface area contributed by atoms with Crippen LogP contribution in [0, 0.1) is 0 Å². The van der Waals surface area contributed by atoms with Crippen LogP contribution in [-0.4, -0.2) is 0 Å². The fraction of sp³-hybridized carbons (Fsp3) is 0. The van der Waals surface area contributed by atoms with Crippen molar-refractivity contribution in [3.63, 3.8) is 0 Å². The maximum Gasteiger partial charge on any atom is 0.0636 e. The lowest BCUT2D eigenvalue weighted by molar-refractivity contribution is 1.64. The van der Waals surface area contributed by atoms with Crippen molar-refractivity contribution in [2.75, 3.05) is 0 Å².